The van der Waals surface area contributed by atoms with Gasteiger partial charge in [0, 0.05) is 31.4 Å². The average Bonchev–Trinajstić information content (AvgIpc) is 2.39. The summed E-state index contributed by atoms with van der Waals surface area (Å²) < 4.78 is 4.92. The monoisotopic (exact) mass is 268 g/mol. The molecule has 0 radical (unpaired) electrons. The van der Waals surface area contributed by atoms with E-state index < -0.39 is 10.8 Å². The molecular weight excluding hydrogens is 252 g/mol. The number of carbonyl (C=O) groups excluding carboxylic acids is 1. The van der Waals surface area contributed by atoms with Crippen molar-refractivity contribution < 1.29 is 19.6 Å². The molecule has 1 rings (SSSR count). The normalized spacial score (nSPS) is 11.9. The number of nitro benzene ring substituents is 1. The number of nitro groups is 1. The number of hydrogen-bond donors (Lipinski definition) is 2. The third-order valence-electron chi connectivity index (χ3n) is 2.50. The van der Waals surface area contributed by atoms with Gasteiger partial charge in [-0.2, -0.15) is 0 Å². The Kier molecular flexibility index (Phi) is 5.91. The molecule has 1 amide bonds. The van der Waals surface area contributed by atoms with Gasteiger partial charge in [-0.05, 0) is 12.5 Å². The van der Waals surface area contributed by atoms with Crippen molar-refractivity contribution in [3.63, 3.8) is 0 Å². The number of carbonyl (C=O) groups is 1. The Labute approximate surface area is 110 Å². The summed E-state index contributed by atoms with van der Waals surface area (Å²) >= 11 is 0. The molecule has 1 unspecified atom stereocenters. The van der Waals surface area contributed by atoms with Crippen molar-refractivity contribution in [2.45, 2.75) is 12.5 Å². The van der Waals surface area contributed by atoms with Gasteiger partial charge < -0.3 is 15.2 Å². The number of non-ortho nitro benzene ring substituents is 1. The first-order valence-electron chi connectivity index (χ1n) is 5.73. The van der Waals surface area contributed by atoms with Gasteiger partial charge in [0.1, 0.15) is 0 Å². The van der Waals surface area contributed by atoms with Crippen LogP contribution in [0, 0.1) is 10.1 Å². The second-order valence-electron chi connectivity index (χ2n) is 3.95. The minimum Gasteiger partial charge on any atom is -0.396 e. The van der Waals surface area contributed by atoms with Crippen molar-refractivity contribution in [2.75, 3.05) is 20.3 Å². The van der Waals surface area contributed by atoms with Crippen LogP contribution in [-0.4, -0.2) is 42.3 Å². The lowest BCUT2D eigenvalue weighted by Gasteiger charge is -2.16. The maximum absolute atomic E-state index is 11.9. The first kappa shape index (κ1) is 15.1. The second-order valence-corrected chi connectivity index (χ2v) is 3.95. The van der Waals surface area contributed by atoms with Gasteiger partial charge in [-0.1, -0.05) is 6.07 Å². The van der Waals surface area contributed by atoms with Gasteiger partial charge in [-0.15, -0.1) is 0 Å². The number of nitrogens with zero attached hydrogens (tertiary/aromatic N) is 1. The van der Waals surface area contributed by atoms with Crippen LogP contribution in [0.25, 0.3) is 0 Å². The predicted octanol–water partition coefficient (Wildman–Crippen LogP) is 0.722. The number of rotatable bonds is 7. The van der Waals surface area contributed by atoms with Crippen molar-refractivity contribution in [3.8, 4) is 0 Å². The SMILES string of the molecule is COCC(CCO)NC(=O)c1cccc([N+](=O)[O-])c1. The van der Waals surface area contributed by atoms with Crippen molar-refractivity contribution in [3.05, 3.63) is 39.9 Å². The van der Waals surface area contributed by atoms with E-state index in [9.17, 15) is 14.9 Å². The van der Waals surface area contributed by atoms with E-state index in [-0.39, 0.29) is 30.5 Å². The Morgan fingerprint density at radius 2 is 2.32 bits per heavy atom. The maximum Gasteiger partial charge on any atom is 0.270 e. The van der Waals surface area contributed by atoms with Crippen molar-refractivity contribution in [1.29, 1.82) is 0 Å². The van der Waals surface area contributed by atoms with Gasteiger partial charge in [0.15, 0.2) is 0 Å². The fraction of sp³-hybridized carbons (Fsp3) is 0.417. The van der Waals surface area contributed by atoms with Crippen LogP contribution in [0.2, 0.25) is 0 Å². The number of aliphatic hydroxyl groups is 1. The lowest BCUT2D eigenvalue weighted by molar-refractivity contribution is -0.384. The quantitative estimate of drug-likeness (QED) is 0.560. The average molecular weight is 268 g/mol. The molecule has 7 heteroatoms. The van der Waals surface area contributed by atoms with Gasteiger partial charge in [0.25, 0.3) is 11.6 Å². The fourth-order valence-corrected chi connectivity index (χ4v) is 1.58. The van der Waals surface area contributed by atoms with Crippen LogP contribution in [0.1, 0.15) is 16.8 Å². The molecule has 2 N–H and O–H groups in total. The van der Waals surface area contributed by atoms with Crippen LogP contribution >= 0.6 is 0 Å². The number of amides is 1. The summed E-state index contributed by atoms with van der Waals surface area (Å²) in [5.41, 5.74) is 0.0614. The standard InChI is InChI=1S/C12H16N2O5/c1-19-8-10(5-6-15)13-12(16)9-3-2-4-11(7-9)14(17)18/h2-4,7,10,15H,5-6,8H2,1H3,(H,13,16). The van der Waals surface area contributed by atoms with Gasteiger partial charge in [0.2, 0.25) is 0 Å². The van der Waals surface area contributed by atoms with Gasteiger partial charge in [-0.3, -0.25) is 14.9 Å². The lowest BCUT2D eigenvalue weighted by atomic mass is 10.1. The molecule has 0 aliphatic heterocycles. The van der Waals surface area contributed by atoms with Gasteiger partial charge in [0.05, 0.1) is 17.6 Å². The molecular formula is C12H16N2O5. The number of benzene rings is 1. The molecule has 1 aromatic carbocycles. The van der Waals surface area contributed by atoms with E-state index in [0.717, 1.165) is 0 Å². The van der Waals surface area contributed by atoms with Crippen LogP contribution in [0.3, 0.4) is 0 Å². The van der Waals surface area contributed by atoms with E-state index in [0.29, 0.717) is 6.42 Å². The first-order chi connectivity index (χ1) is 9.08. The molecule has 1 aromatic rings. The number of methoxy groups -OCH3 is 1. The number of hydrogen-bond acceptors (Lipinski definition) is 5. The molecule has 1 atom stereocenters. The highest BCUT2D eigenvalue weighted by Crippen LogP contribution is 2.13. The molecule has 19 heavy (non-hydrogen) atoms. The molecule has 0 saturated carbocycles. The van der Waals surface area contributed by atoms with E-state index in [4.69, 9.17) is 9.84 Å². The summed E-state index contributed by atoms with van der Waals surface area (Å²) in [6.07, 6.45) is 0.356. The Balaban J connectivity index is 2.76. The van der Waals surface area contributed by atoms with Gasteiger partial charge in [-0.25, -0.2) is 0 Å². The van der Waals surface area contributed by atoms with Crippen LogP contribution in [0.4, 0.5) is 5.69 Å². The van der Waals surface area contributed by atoms with Crippen molar-refractivity contribution in [1.82, 2.24) is 5.32 Å². The molecule has 0 bridgehead atoms. The smallest absolute Gasteiger partial charge is 0.270 e. The zero-order valence-corrected chi connectivity index (χ0v) is 10.5. The topological polar surface area (TPSA) is 102 Å². The summed E-state index contributed by atoms with van der Waals surface area (Å²) in [6.45, 7) is 0.185. The summed E-state index contributed by atoms with van der Waals surface area (Å²) in [6, 6.07) is 5.13. The van der Waals surface area contributed by atoms with Crippen molar-refractivity contribution >= 4 is 11.6 Å². The molecule has 7 nitrogen and oxygen atoms in total. The van der Waals surface area contributed by atoms with Crippen LogP contribution < -0.4 is 5.32 Å². The molecule has 0 spiro atoms. The largest absolute Gasteiger partial charge is 0.396 e. The highest BCUT2D eigenvalue weighted by atomic mass is 16.6. The third kappa shape index (κ3) is 4.65. The molecule has 0 heterocycles. The first-order valence-corrected chi connectivity index (χ1v) is 5.73. The number of ether oxygens (including phenoxy) is 1. The van der Waals surface area contributed by atoms with Crippen LogP contribution in [0.15, 0.2) is 24.3 Å². The highest BCUT2D eigenvalue weighted by Gasteiger charge is 2.15. The van der Waals surface area contributed by atoms with E-state index >= 15 is 0 Å². The Hall–Kier alpha value is -1.99. The van der Waals surface area contributed by atoms with E-state index in [1.807, 2.05) is 0 Å². The minimum atomic E-state index is -0.558. The molecule has 0 aliphatic carbocycles. The number of nitrogens with one attached hydrogen (secondary N) is 1. The Morgan fingerprint density at radius 1 is 1.58 bits per heavy atom. The predicted molar refractivity (Wildman–Crippen MR) is 67.9 cm³/mol. The van der Waals surface area contributed by atoms with E-state index in [1.54, 1.807) is 0 Å². The van der Waals surface area contributed by atoms with Crippen molar-refractivity contribution in [2.24, 2.45) is 0 Å². The Morgan fingerprint density at radius 3 is 2.89 bits per heavy atom. The lowest BCUT2D eigenvalue weighted by Crippen LogP contribution is -2.38. The fourth-order valence-electron chi connectivity index (χ4n) is 1.58. The van der Waals surface area contributed by atoms with E-state index in [1.165, 1.54) is 31.4 Å². The summed E-state index contributed by atoms with van der Waals surface area (Å²) in [4.78, 5) is 22.0. The van der Waals surface area contributed by atoms with Gasteiger partial charge >= 0.3 is 0 Å². The molecule has 104 valence electrons. The summed E-state index contributed by atoms with van der Waals surface area (Å²) in [5.74, 6) is -0.431. The second kappa shape index (κ2) is 7.45. The zero-order chi connectivity index (χ0) is 14.3. The highest BCUT2D eigenvalue weighted by molar-refractivity contribution is 5.95. The summed E-state index contributed by atoms with van der Waals surface area (Å²) in [7, 11) is 1.49. The van der Waals surface area contributed by atoms with Crippen LogP contribution in [-0.2, 0) is 4.74 Å². The molecule has 0 fully saturated rings. The molecule has 0 saturated heterocycles. The molecule has 0 aliphatic rings. The minimum absolute atomic E-state index is 0.0801. The molecule has 0 aromatic heterocycles. The van der Waals surface area contributed by atoms with Crippen LogP contribution in [0.5, 0.6) is 0 Å². The third-order valence-corrected chi connectivity index (χ3v) is 2.50. The van der Waals surface area contributed by atoms with E-state index in [2.05, 4.69) is 5.32 Å². The maximum atomic E-state index is 11.9. The summed E-state index contributed by atoms with van der Waals surface area (Å²) in [5, 5.41) is 22.1. The number of aliphatic hydroxyl groups excluding tert-OH is 1. The zero-order valence-electron chi connectivity index (χ0n) is 10.5. The Bertz CT molecular complexity index is 444.